The summed E-state index contributed by atoms with van der Waals surface area (Å²) in [6, 6.07) is 10.6. The van der Waals surface area contributed by atoms with Gasteiger partial charge in [-0.05, 0) is 56.4 Å². The molecule has 7 heteroatoms. The molecule has 6 nitrogen and oxygen atoms in total. The van der Waals surface area contributed by atoms with Crippen LogP contribution >= 0.6 is 11.6 Å². The van der Waals surface area contributed by atoms with E-state index in [1.54, 1.807) is 30.3 Å². The van der Waals surface area contributed by atoms with Crippen LogP contribution in [0.25, 0.3) is 5.65 Å². The molecule has 3 heterocycles. The summed E-state index contributed by atoms with van der Waals surface area (Å²) in [6.45, 7) is 2.01. The predicted octanol–water partition coefficient (Wildman–Crippen LogP) is 3.05. The van der Waals surface area contributed by atoms with E-state index in [0.717, 1.165) is 31.0 Å². The number of anilines is 1. The number of amides is 1. The summed E-state index contributed by atoms with van der Waals surface area (Å²) in [7, 11) is 2.11. The van der Waals surface area contributed by atoms with Gasteiger partial charge in [0.25, 0.3) is 5.91 Å². The number of likely N-dealkylation sites (N-methyl/N-ethyl adjacent to an activating group) is 1. The fourth-order valence-corrected chi connectivity index (χ4v) is 3.33. The highest BCUT2D eigenvalue weighted by molar-refractivity contribution is 6.30. The van der Waals surface area contributed by atoms with E-state index in [9.17, 15) is 4.79 Å². The van der Waals surface area contributed by atoms with Gasteiger partial charge >= 0.3 is 0 Å². The Balaban J connectivity index is 1.61. The molecule has 1 saturated heterocycles. The van der Waals surface area contributed by atoms with E-state index in [-0.39, 0.29) is 5.91 Å². The average molecular weight is 356 g/mol. The molecule has 25 heavy (non-hydrogen) atoms. The zero-order valence-corrected chi connectivity index (χ0v) is 14.6. The van der Waals surface area contributed by atoms with E-state index in [0.29, 0.717) is 22.2 Å². The van der Waals surface area contributed by atoms with Gasteiger partial charge in [0.2, 0.25) is 0 Å². The molecule has 1 amide bonds. The van der Waals surface area contributed by atoms with E-state index in [1.807, 2.05) is 16.7 Å². The van der Waals surface area contributed by atoms with Gasteiger partial charge in [-0.2, -0.15) is 0 Å². The lowest BCUT2D eigenvalue weighted by molar-refractivity contribution is 0.102. The van der Waals surface area contributed by atoms with Gasteiger partial charge in [-0.3, -0.25) is 9.20 Å². The summed E-state index contributed by atoms with van der Waals surface area (Å²) in [5.74, 6) is 1.09. The molecule has 1 aliphatic rings. The summed E-state index contributed by atoms with van der Waals surface area (Å²) in [4.78, 5) is 14.8. The first-order valence-corrected chi connectivity index (χ1v) is 8.58. The van der Waals surface area contributed by atoms with Gasteiger partial charge in [0.15, 0.2) is 5.65 Å². The van der Waals surface area contributed by atoms with Crippen LogP contribution in [-0.2, 0) is 0 Å². The van der Waals surface area contributed by atoms with Gasteiger partial charge in [-0.15, -0.1) is 10.2 Å². The third-order valence-corrected chi connectivity index (χ3v) is 4.80. The lowest BCUT2D eigenvalue weighted by Gasteiger charge is -2.10. The third-order valence-electron chi connectivity index (χ3n) is 4.55. The smallest absolute Gasteiger partial charge is 0.257 e. The van der Waals surface area contributed by atoms with Crippen LogP contribution in [0.3, 0.4) is 0 Å². The summed E-state index contributed by atoms with van der Waals surface area (Å²) >= 11 is 5.87. The van der Waals surface area contributed by atoms with Crippen molar-refractivity contribution in [1.29, 1.82) is 0 Å². The number of carbonyl (C=O) groups excluding carboxylic acids is 1. The van der Waals surface area contributed by atoms with Crippen LogP contribution in [0.1, 0.15) is 28.5 Å². The molecular weight excluding hydrogens is 338 g/mol. The van der Waals surface area contributed by atoms with Crippen molar-refractivity contribution in [2.24, 2.45) is 0 Å². The van der Waals surface area contributed by atoms with Crippen molar-refractivity contribution in [1.82, 2.24) is 19.5 Å². The molecule has 1 aromatic carbocycles. The first-order valence-electron chi connectivity index (χ1n) is 8.20. The van der Waals surface area contributed by atoms with Crippen molar-refractivity contribution in [3.05, 3.63) is 59.0 Å². The van der Waals surface area contributed by atoms with Gasteiger partial charge in [0.1, 0.15) is 5.82 Å². The second kappa shape index (κ2) is 6.46. The number of hydrogen-bond acceptors (Lipinski definition) is 4. The van der Waals surface area contributed by atoms with E-state index >= 15 is 0 Å². The van der Waals surface area contributed by atoms with Crippen molar-refractivity contribution in [3.8, 4) is 0 Å². The third kappa shape index (κ3) is 3.23. The molecule has 0 spiro atoms. The number of halogens is 1. The van der Waals surface area contributed by atoms with Crippen molar-refractivity contribution in [2.75, 3.05) is 25.5 Å². The van der Waals surface area contributed by atoms with Crippen molar-refractivity contribution in [2.45, 2.75) is 12.3 Å². The number of pyridine rings is 1. The van der Waals surface area contributed by atoms with Crippen LogP contribution < -0.4 is 5.32 Å². The summed E-state index contributed by atoms with van der Waals surface area (Å²) in [5.41, 5.74) is 2.03. The SMILES string of the molecule is CN1CCC(c2nnc3ccc(C(=O)Nc4ccc(Cl)cc4)cn23)C1. The van der Waals surface area contributed by atoms with Crippen LogP contribution in [0.4, 0.5) is 5.69 Å². The minimum Gasteiger partial charge on any atom is -0.322 e. The second-order valence-corrected chi connectivity index (χ2v) is 6.85. The van der Waals surface area contributed by atoms with Crippen LogP contribution in [0.5, 0.6) is 0 Å². The molecule has 0 saturated carbocycles. The molecule has 1 unspecified atom stereocenters. The largest absolute Gasteiger partial charge is 0.322 e. The molecule has 1 atom stereocenters. The Kier molecular flexibility index (Phi) is 4.15. The molecule has 128 valence electrons. The van der Waals surface area contributed by atoms with Crippen LogP contribution in [-0.4, -0.2) is 45.5 Å². The highest BCUT2D eigenvalue weighted by Crippen LogP contribution is 2.25. The molecule has 0 bridgehead atoms. The van der Waals surface area contributed by atoms with E-state index < -0.39 is 0 Å². The van der Waals surface area contributed by atoms with Gasteiger partial charge in [-0.1, -0.05) is 11.6 Å². The molecule has 1 N–H and O–H groups in total. The van der Waals surface area contributed by atoms with Crippen molar-refractivity contribution < 1.29 is 4.79 Å². The molecule has 2 aromatic heterocycles. The van der Waals surface area contributed by atoms with Gasteiger partial charge < -0.3 is 10.2 Å². The number of fused-ring (bicyclic) bond motifs is 1. The number of hydrogen-bond donors (Lipinski definition) is 1. The Morgan fingerprint density at radius 3 is 2.72 bits per heavy atom. The fourth-order valence-electron chi connectivity index (χ4n) is 3.20. The molecular formula is C18H18ClN5O. The maximum atomic E-state index is 12.5. The number of likely N-dealkylation sites (tertiary alicyclic amines) is 1. The number of benzene rings is 1. The number of nitrogens with zero attached hydrogens (tertiary/aromatic N) is 4. The molecule has 0 aliphatic carbocycles. The monoisotopic (exact) mass is 355 g/mol. The second-order valence-electron chi connectivity index (χ2n) is 6.41. The molecule has 0 radical (unpaired) electrons. The maximum Gasteiger partial charge on any atom is 0.257 e. The Labute approximate surface area is 150 Å². The number of rotatable bonds is 3. The number of carbonyl (C=O) groups is 1. The van der Waals surface area contributed by atoms with Crippen molar-refractivity contribution in [3.63, 3.8) is 0 Å². The highest BCUT2D eigenvalue weighted by Gasteiger charge is 2.25. The zero-order valence-electron chi connectivity index (χ0n) is 13.8. The first kappa shape index (κ1) is 16.1. The van der Waals surface area contributed by atoms with Gasteiger partial charge in [0.05, 0.1) is 5.56 Å². The average Bonchev–Trinajstić information content (AvgIpc) is 3.22. The molecule has 3 aromatic rings. The number of nitrogens with one attached hydrogen (secondary N) is 1. The Bertz CT molecular complexity index is 921. The lowest BCUT2D eigenvalue weighted by atomic mass is 10.1. The van der Waals surface area contributed by atoms with E-state index in [2.05, 4.69) is 27.5 Å². The van der Waals surface area contributed by atoms with Gasteiger partial charge in [-0.25, -0.2) is 0 Å². The standard InChI is InChI=1S/C18H18ClN5O/c1-23-9-8-12(10-23)17-22-21-16-7-2-13(11-24(16)17)18(25)20-15-5-3-14(19)4-6-15/h2-7,11-12H,8-10H2,1H3,(H,20,25). The van der Waals surface area contributed by atoms with Crippen molar-refractivity contribution >= 4 is 28.8 Å². The topological polar surface area (TPSA) is 62.5 Å². The Morgan fingerprint density at radius 2 is 2.00 bits per heavy atom. The fraction of sp³-hybridized carbons (Fsp3) is 0.278. The highest BCUT2D eigenvalue weighted by atomic mass is 35.5. The molecule has 1 aliphatic heterocycles. The first-order chi connectivity index (χ1) is 12.1. The van der Waals surface area contributed by atoms with E-state index in [1.165, 1.54) is 0 Å². The Morgan fingerprint density at radius 1 is 1.20 bits per heavy atom. The predicted molar refractivity (Wildman–Crippen MR) is 97.2 cm³/mol. The molecule has 4 rings (SSSR count). The van der Waals surface area contributed by atoms with Crippen LogP contribution in [0.15, 0.2) is 42.6 Å². The maximum absolute atomic E-state index is 12.5. The van der Waals surface area contributed by atoms with E-state index in [4.69, 9.17) is 11.6 Å². The minimum atomic E-state index is -0.174. The minimum absolute atomic E-state index is 0.174. The Hall–Kier alpha value is -2.44. The van der Waals surface area contributed by atoms with Crippen LogP contribution in [0.2, 0.25) is 5.02 Å². The summed E-state index contributed by atoms with van der Waals surface area (Å²) in [5, 5.41) is 12.1. The normalized spacial score (nSPS) is 17.9. The van der Waals surface area contributed by atoms with Gasteiger partial charge in [0, 0.05) is 29.4 Å². The lowest BCUT2D eigenvalue weighted by Crippen LogP contribution is -2.15. The summed E-state index contributed by atoms with van der Waals surface area (Å²) in [6.07, 6.45) is 2.87. The number of aromatic nitrogens is 3. The molecule has 1 fully saturated rings. The van der Waals surface area contributed by atoms with Crippen LogP contribution in [0, 0.1) is 0 Å². The summed E-state index contributed by atoms with van der Waals surface area (Å²) < 4.78 is 1.93. The zero-order chi connectivity index (χ0) is 17.4. The quantitative estimate of drug-likeness (QED) is 0.784.